The maximum Gasteiger partial charge on any atom is 0.142 e. The number of methoxy groups -OCH3 is 1. The molecule has 0 fully saturated rings. The van der Waals surface area contributed by atoms with E-state index in [9.17, 15) is 4.39 Å². The first-order valence-corrected chi connectivity index (χ1v) is 7.58. The molecule has 0 unspecified atom stereocenters. The Labute approximate surface area is 126 Å². The van der Waals surface area contributed by atoms with Gasteiger partial charge in [0.25, 0.3) is 0 Å². The molecule has 20 heavy (non-hydrogen) atoms. The molecular formula is C16H25ClFNO. The molecule has 0 amide bonds. The first kappa shape index (κ1) is 17.4. The molecule has 1 aromatic rings. The monoisotopic (exact) mass is 301 g/mol. The zero-order valence-electron chi connectivity index (χ0n) is 12.6. The highest BCUT2D eigenvalue weighted by atomic mass is 35.5. The summed E-state index contributed by atoms with van der Waals surface area (Å²) >= 11 is 5.74. The van der Waals surface area contributed by atoms with Crippen molar-refractivity contribution in [1.82, 2.24) is 5.32 Å². The molecule has 4 heteroatoms. The molecule has 0 aliphatic carbocycles. The van der Waals surface area contributed by atoms with Gasteiger partial charge < -0.3 is 10.1 Å². The highest BCUT2D eigenvalue weighted by molar-refractivity contribution is 6.30. The van der Waals surface area contributed by atoms with E-state index in [2.05, 4.69) is 19.2 Å². The topological polar surface area (TPSA) is 21.3 Å². The SMILES string of the molecule is CCC(CC)(CNCCOC)Cc1ccc(Cl)c(F)c1. The molecular weight excluding hydrogens is 277 g/mol. The molecule has 0 atom stereocenters. The van der Waals surface area contributed by atoms with E-state index in [0.29, 0.717) is 6.61 Å². The fraction of sp³-hybridized carbons (Fsp3) is 0.625. The van der Waals surface area contributed by atoms with Gasteiger partial charge in [-0.3, -0.25) is 0 Å². The van der Waals surface area contributed by atoms with Gasteiger partial charge in [0.05, 0.1) is 11.6 Å². The fourth-order valence-corrected chi connectivity index (χ4v) is 2.54. The van der Waals surface area contributed by atoms with Crippen LogP contribution in [0.1, 0.15) is 32.3 Å². The van der Waals surface area contributed by atoms with Gasteiger partial charge in [-0.2, -0.15) is 0 Å². The second-order valence-corrected chi connectivity index (χ2v) is 5.71. The first-order valence-electron chi connectivity index (χ1n) is 7.20. The third-order valence-electron chi connectivity index (χ3n) is 4.05. The number of hydrogen-bond donors (Lipinski definition) is 1. The average molecular weight is 302 g/mol. The van der Waals surface area contributed by atoms with Crippen LogP contribution < -0.4 is 5.32 Å². The zero-order chi connectivity index (χ0) is 15.0. The molecule has 0 radical (unpaired) electrons. The molecule has 0 bridgehead atoms. The quantitative estimate of drug-likeness (QED) is 0.694. The lowest BCUT2D eigenvalue weighted by Crippen LogP contribution is -2.36. The Morgan fingerprint density at radius 2 is 2.00 bits per heavy atom. The Hall–Kier alpha value is -0.640. The lowest BCUT2D eigenvalue weighted by molar-refractivity contribution is 0.185. The predicted molar refractivity (Wildman–Crippen MR) is 82.9 cm³/mol. The molecule has 0 heterocycles. The smallest absolute Gasteiger partial charge is 0.142 e. The van der Waals surface area contributed by atoms with Gasteiger partial charge in [0.2, 0.25) is 0 Å². The standard InChI is InChI=1S/C16H25ClFNO/c1-4-16(5-2,12-19-8-9-20-3)11-13-6-7-14(17)15(18)10-13/h6-7,10,19H,4-5,8-9,11-12H2,1-3H3. The normalized spacial score (nSPS) is 11.8. The van der Waals surface area contributed by atoms with E-state index in [1.807, 2.05) is 6.07 Å². The Morgan fingerprint density at radius 3 is 2.55 bits per heavy atom. The molecule has 1 aromatic carbocycles. The van der Waals surface area contributed by atoms with E-state index in [4.69, 9.17) is 16.3 Å². The van der Waals surface area contributed by atoms with Crippen LogP contribution in [0.25, 0.3) is 0 Å². The van der Waals surface area contributed by atoms with Gasteiger partial charge in [-0.25, -0.2) is 4.39 Å². The van der Waals surface area contributed by atoms with Crippen molar-refractivity contribution in [1.29, 1.82) is 0 Å². The minimum atomic E-state index is -0.336. The lowest BCUT2D eigenvalue weighted by atomic mass is 9.77. The lowest BCUT2D eigenvalue weighted by Gasteiger charge is -2.32. The number of rotatable bonds is 9. The van der Waals surface area contributed by atoms with Crippen LogP contribution in [-0.2, 0) is 11.2 Å². The Kier molecular flexibility index (Phi) is 7.49. The van der Waals surface area contributed by atoms with Crippen molar-refractivity contribution in [2.45, 2.75) is 33.1 Å². The summed E-state index contributed by atoms with van der Waals surface area (Å²) in [6.45, 7) is 6.83. The third kappa shape index (κ3) is 5.04. The summed E-state index contributed by atoms with van der Waals surface area (Å²) in [6.07, 6.45) is 2.95. The largest absolute Gasteiger partial charge is 0.383 e. The number of hydrogen-bond acceptors (Lipinski definition) is 2. The van der Waals surface area contributed by atoms with Crippen molar-refractivity contribution < 1.29 is 9.13 Å². The van der Waals surface area contributed by atoms with Crippen molar-refractivity contribution in [3.63, 3.8) is 0 Å². The molecule has 114 valence electrons. The molecule has 2 nitrogen and oxygen atoms in total. The van der Waals surface area contributed by atoms with E-state index in [-0.39, 0.29) is 16.3 Å². The third-order valence-corrected chi connectivity index (χ3v) is 4.35. The summed E-state index contributed by atoms with van der Waals surface area (Å²) in [5, 5.41) is 3.62. The van der Waals surface area contributed by atoms with E-state index in [1.54, 1.807) is 19.2 Å². The molecule has 0 spiro atoms. The van der Waals surface area contributed by atoms with Gasteiger partial charge in [-0.05, 0) is 42.4 Å². The molecule has 1 rings (SSSR count). The highest BCUT2D eigenvalue weighted by Gasteiger charge is 2.26. The molecule has 0 saturated carbocycles. The van der Waals surface area contributed by atoms with Crippen molar-refractivity contribution in [2.24, 2.45) is 5.41 Å². The van der Waals surface area contributed by atoms with Crippen LogP contribution in [0.2, 0.25) is 5.02 Å². The summed E-state index contributed by atoms with van der Waals surface area (Å²) in [7, 11) is 1.70. The summed E-state index contributed by atoms with van der Waals surface area (Å²) < 4.78 is 18.6. The number of benzene rings is 1. The highest BCUT2D eigenvalue weighted by Crippen LogP contribution is 2.31. The molecule has 1 N–H and O–H groups in total. The minimum absolute atomic E-state index is 0.147. The van der Waals surface area contributed by atoms with Gasteiger partial charge in [-0.15, -0.1) is 0 Å². The van der Waals surface area contributed by atoms with Crippen molar-refractivity contribution in [3.8, 4) is 0 Å². The van der Waals surface area contributed by atoms with Gasteiger partial charge in [0, 0.05) is 20.2 Å². The van der Waals surface area contributed by atoms with Crippen LogP contribution in [0.15, 0.2) is 18.2 Å². The van der Waals surface area contributed by atoms with Crippen LogP contribution >= 0.6 is 11.6 Å². The predicted octanol–water partition coefficient (Wildman–Crippen LogP) is 4.06. The summed E-state index contributed by atoms with van der Waals surface area (Å²) in [5.74, 6) is -0.336. The van der Waals surface area contributed by atoms with Crippen LogP contribution in [0.4, 0.5) is 4.39 Å². The Morgan fingerprint density at radius 1 is 1.30 bits per heavy atom. The Bertz CT molecular complexity index is 407. The second kappa shape index (κ2) is 8.60. The van der Waals surface area contributed by atoms with Crippen LogP contribution in [0, 0.1) is 11.2 Å². The summed E-state index contributed by atoms with van der Waals surface area (Å²) in [4.78, 5) is 0. The van der Waals surface area contributed by atoms with E-state index in [0.717, 1.165) is 37.9 Å². The first-order chi connectivity index (χ1) is 9.56. The minimum Gasteiger partial charge on any atom is -0.383 e. The van der Waals surface area contributed by atoms with Gasteiger partial charge in [0.1, 0.15) is 5.82 Å². The van der Waals surface area contributed by atoms with E-state index < -0.39 is 0 Å². The van der Waals surface area contributed by atoms with Gasteiger partial charge in [0.15, 0.2) is 0 Å². The maximum absolute atomic E-state index is 13.6. The second-order valence-electron chi connectivity index (χ2n) is 5.30. The van der Waals surface area contributed by atoms with E-state index in [1.165, 1.54) is 0 Å². The van der Waals surface area contributed by atoms with Crippen molar-refractivity contribution in [2.75, 3.05) is 26.8 Å². The van der Waals surface area contributed by atoms with Crippen LogP contribution in [-0.4, -0.2) is 26.8 Å². The van der Waals surface area contributed by atoms with Crippen molar-refractivity contribution in [3.05, 3.63) is 34.6 Å². The number of nitrogens with one attached hydrogen (secondary N) is 1. The number of halogens is 2. The molecule has 0 aliphatic heterocycles. The average Bonchev–Trinajstić information content (AvgIpc) is 2.46. The maximum atomic E-state index is 13.6. The summed E-state index contributed by atoms with van der Waals surface area (Å²) in [6, 6.07) is 5.11. The van der Waals surface area contributed by atoms with Crippen LogP contribution in [0.5, 0.6) is 0 Å². The zero-order valence-corrected chi connectivity index (χ0v) is 13.4. The van der Waals surface area contributed by atoms with Crippen molar-refractivity contribution >= 4 is 11.6 Å². The summed E-state index contributed by atoms with van der Waals surface area (Å²) in [5.41, 5.74) is 1.15. The van der Waals surface area contributed by atoms with Gasteiger partial charge in [-0.1, -0.05) is 31.5 Å². The molecule has 0 aromatic heterocycles. The molecule has 0 saturated heterocycles. The van der Waals surface area contributed by atoms with Gasteiger partial charge >= 0.3 is 0 Å². The van der Waals surface area contributed by atoms with Crippen LogP contribution in [0.3, 0.4) is 0 Å². The Balaban J connectivity index is 2.71. The number of ether oxygens (including phenoxy) is 1. The molecule has 0 aliphatic rings. The van der Waals surface area contributed by atoms with E-state index >= 15 is 0 Å². The fourth-order valence-electron chi connectivity index (χ4n) is 2.42.